The van der Waals surface area contributed by atoms with Gasteiger partial charge in [-0.25, -0.2) is 40.7 Å². The molecule has 3 saturated heterocycles. The molecule has 3 fully saturated rings. The molecule has 0 saturated carbocycles. The van der Waals surface area contributed by atoms with Gasteiger partial charge in [0, 0.05) is 51.4 Å². The third-order valence-corrected chi connectivity index (χ3v) is 14.3. The zero-order chi connectivity index (χ0) is 65.8. The van der Waals surface area contributed by atoms with E-state index in [4.69, 9.17) is 41.0 Å². The van der Waals surface area contributed by atoms with E-state index in [1.807, 2.05) is 38.1 Å². The number of carbonyl (C=O) groups is 6. The van der Waals surface area contributed by atoms with Crippen LogP contribution in [0.25, 0.3) is 21.5 Å². The van der Waals surface area contributed by atoms with Gasteiger partial charge in [0.15, 0.2) is 16.2 Å². The number of carboxylic acid groups (broad SMARTS) is 3. The quantitative estimate of drug-likeness (QED) is 0.0532. The summed E-state index contributed by atoms with van der Waals surface area (Å²) < 4.78 is 98.4. The highest BCUT2D eigenvalue weighted by atomic mass is 19.3. The first-order valence-electron chi connectivity index (χ1n) is 27.6. The molecule has 0 aromatic heterocycles. The molecule has 0 aliphatic carbocycles. The Morgan fingerprint density at radius 1 is 0.465 bits per heavy atom. The van der Waals surface area contributed by atoms with E-state index in [1.165, 1.54) is 32.7 Å². The third kappa shape index (κ3) is 17.7. The van der Waals surface area contributed by atoms with Gasteiger partial charge in [0.25, 0.3) is 17.8 Å². The van der Waals surface area contributed by atoms with Crippen LogP contribution in [-0.4, -0.2) is 140 Å². The average Bonchev–Trinajstić information content (AvgIpc) is 1.67. The van der Waals surface area contributed by atoms with Gasteiger partial charge < -0.3 is 55.7 Å². The number of carboxylic acids is 3. The summed E-state index contributed by atoms with van der Waals surface area (Å²) in [4.78, 5) is 72.3. The summed E-state index contributed by atoms with van der Waals surface area (Å²) >= 11 is 0. The number of halogens is 6. The molecule has 4 aromatic carbocycles. The van der Waals surface area contributed by atoms with Gasteiger partial charge in [-0.2, -0.15) is 0 Å². The van der Waals surface area contributed by atoms with Crippen molar-refractivity contribution in [2.45, 2.75) is 142 Å². The van der Waals surface area contributed by atoms with Crippen molar-refractivity contribution >= 4 is 57.7 Å². The minimum Gasteiger partial charge on any atom is -0.481 e. The van der Waals surface area contributed by atoms with Crippen molar-refractivity contribution in [3.8, 4) is 0 Å². The predicted octanol–water partition coefficient (Wildman–Crippen LogP) is 13.3. The molecule has 7 N–H and O–H groups in total. The van der Waals surface area contributed by atoms with E-state index in [-0.39, 0.29) is 51.0 Å². The third-order valence-electron chi connectivity index (χ3n) is 14.3. The Balaban J connectivity index is 0.000000284. The number of rotatable bonds is 11. The van der Waals surface area contributed by atoms with Crippen LogP contribution in [0.3, 0.4) is 0 Å². The summed E-state index contributed by atoms with van der Waals surface area (Å²) in [6.45, 7) is 25.7. The molecule has 3 aliphatic heterocycles. The van der Waals surface area contributed by atoms with Gasteiger partial charge in [0.05, 0.1) is 0 Å². The zero-order valence-corrected chi connectivity index (χ0v) is 50.7. The minimum atomic E-state index is -3.60. The standard InChI is InChI=1S/3C13H19F2NO4.2C12H13N/c3*1-5-13(14,15)12(9(17)18)6-7-16(8-12)10(19)20-11(2,3)4;2*1-9(13)11-8-4-6-10-5-2-3-7-12(10)11/h3*5H,1,6-8H2,2-4H3,(H,17,18);2*2-9H,13H2,1H3/t;;;2*9-/m...00/s1. The van der Waals surface area contributed by atoms with Crippen LogP contribution in [0.1, 0.15) is 119 Å². The van der Waals surface area contributed by atoms with E-state index in [0.717, 1.165) is 14.7 Å². The number of aliphatic carboxylic acids is 3. The first-order chi connectivity index (χ1) is 39.4. The lowest BCUT2D eigenvalue weighted by Crippen LogP contribution is -2.49. The highest BCUT2D eigenvalue weighted by molar-refractivity contribution is 5.87. The SMILES string of the molecule is C=CC(F)(F)C1(C(=O)O)CCN(C(=O)OC(C)(C)C)C1.C=CC(F)(F)C1(C(=O)O)CCN(C(=O)OC(C)(C)C)C1.C=CC(F)(F)C1(C(=O)O)CCN(C(=O)OC(C)(C)C)C1.C[C@H](N)c1cccc2ccccc12.C[C@H](N)c1cccc2ccccc12. The second kappa shape index (κ2) is 28.2. The lowest BCUT2D eigenvalue weighted by atomic mass is 9.80. The number of ether oxygens (including phenoxy) is 3. The van der Waals surface area contributed by atoms with Crippen molar-refractivity contribution in [3.05, 3.63) is 134 Å². The van der Waals surface area contributed by atoms with Gasteiger partial charge in [0.1, 0.15) is 16.8 Å². The molecule has 86 heavy (non-hydrogen) atoms. The fraction of sp³-hybridized carbons (Fsp3) is 0.492. The molecule has 0 bridgehead atoms. The van der Waals surface area contributed by atoms with Crippen molar-refractivity contribution < 1.29 is 84.6 Å². The van der Waals surface area contributed by atoms with Crippen LogP contribution in [0.15, 0.2) is 123 Å². The number of nitrogens with two attached hydrogens (primary N) is 2. The largest absolute Gasteiger partial charge is 0.481 e. The number of alkyl halides is 6. The number of nitrogens with zero attached hydrogens (tertiary/aromatic N) is 3. The number of likely N-dealkylation sites (tertiary alicyclic amines) is 3. The highest BCUT2D eigenvalue weighted by Crippen LogP contribution is 2.48. The zero-order valence-electron chi connectivity index (χ0n) is 50.7. The Bertz CT molecular complexity index is 2800. The van der Waals surface area contributed by atoms with Crippen LogP contribution in [-0.2, 0) is 28.6 Å². The van der Waals surface area contributed by atoms with E-state index in [1.54, 1.807) is 62.3 Å². The number of hydrogen-bond donors (Lipinski definition) is 5. The van der Waals surface area contributed by atoms with E-state index in [9.17, 15) is 55.1 Å². The molecule has 0 spiro atoms. The summed E-state index contributed by atoms with van der Waals surface area (Å²) in [5.74, 6) is -15.7. The van der Waals surface area contributed by atoms with Crippen molar-refractivity contribution in [2.24, 2.45) is 27.7 Å². The van der Waals surface area contributed by atoms with Crippen LogP contribution in [0.2, 0.25) is 0 Å². The predicted molar refractivity (Wildman–Crippen MR) is 316 cm³/mol. The van der Waals surface area contributed by atoms with E-state index in [2.05, 4.69) is 80.4 Å². The van der Waals surface area contributed by atoms with Crippen LogP contribution < -0.4 is 11.5 Å². The Kier molecular flexibility index (Phi) is 23.8. The molecule has 0 radical (unpaired) electrons. The summed E-state index contributed by atoms with van der Waals surface area (Å²) in [6, 6.07) is 29.4. The van der Waals surface area contributed by atoms with Crippen LogP contribution >= 0.6 is 0 Å². The maximum Gasteiger partial charge on any atom is 0.410 e. The molecule has 5 atom stereocenters. The number of fused-ring (bicyclic) bond motifs is 2. The molecule has 3 heterocycles. The maximum absolute atomic E-state index is 13.9. The highest BCUT2D eigenvalue weighted by Gasteiger charge is 2.64. The number of allylic oxidation sites excluding steroid dienone is 3. The Morgan fingerprint density at radius 2 is 0.698 bits per heavy atom. The molecule has 3 aliphatic rings. The minimum absolute atomic E-state index is 0.0926. The van der Waals surface area contributed by atoms with Gasteiger partial charge >= 0.3 is 36.2 Å². The fourth-order valence-electron chi connectivity index (χ4n) is 9.52. The Hall–Kier alpha value is -7.66. The fourth-order valence-corrected chi connectivity index (χ4v) is 9.52. The second-order valence-electron chi connectivity index (χ2n) is 24.3. The van der Waals surface area contributed by atoms with Gasteiger partial charge in [-0.1, -0.05) is 105 Å². The smallest absolute Gasteiger partial charge is 0.410 e. The number of benzene rings is 4. The van der Waals surface area contributed by atoms with Crippen LogP contribution in [0, 0.1) is 16.2 Å². The van der Waals surface area contributed by atoms with E-state index >= 15 is 0 Å². The van der Waals surface area contributed by atoms with Crippen LogP contribution in [0.4, 0.5) is 40.7 Å². The molecule has 474 valence electrons. The molecule has 4 aromatic rings. The lowest BCUT2D eigenvalue weighted by Gasteiger charge is -2.31. The summed E-state index contributed by atoms with van der Waals surface area (Å²) in [6.07, 6.45) is -2.46. The van der Waals surface area contributed by atoms with Crippen molar-refractivity contribution in [1.82, 2.24) is 14.7 Å². The van der Waals surface area contributed by atoms with Gasteiger partial charge in [0.2, 0.25) is 0 Å². The maximum atomic E-state index is 13.9. The van der Waals surface area contributed by atoms with Gasteiger partial charge in [-0.3, -0.25) is 14.4 Å². The van der Waals surface area contributed by atoms with E-state index in [0.29, 0.717) is 18.2 Å². The molecular weight excluding hydrogens is 1130 g/mol. The molecule has 23 heteroatoms. The Labute approximate surface area is 498 Å². The molecule has 17 nitrogen and oxygen atoms in total. The molecule has 3 amide bonds. The summed E-state index contributed by atoms with van der Waals surface area (Å²) in [5.41, 5.74) is 4.86. The Morgan fingerprint density at radius 3 is 0.907 bits per heavy atom. The van der Waals surface area contributed by atoms with E-state index < -0.39 is 107 Å². The van der Waals surface area contributed by atoms with Crippen molar-refractivity contribution in [1.29, 1.82) is 0 Å². The second-order valence-corrected chi connectivity index (χ2v) is 24.3. The van der Waals surface area contributed by atoms with Crippen LogP contribution in [0.5, 0.6) is 0 Å². The molecule has 7 rings (SSSR count). The number of carbonyl (C=O) groups excluding carboxylic acids is 3. The normalized spacial score (nSPS) is 20.4. The molecular formula is C63H83F6N5O12. The average molecular weight is 1220 g/mol. The van der Waals surface area contributed by atoms with Gasteiger partial charge in [-0.05, 0) is 146 Å². The first kappa shape index (κ1) is 72.6. The number of amides is 3. The first-order valence-corrected chi connectivity index (χ1v) is 27.6. The number of hydrogen-bond acceptors (Lipinski definition) is 11. The van der Waals surface area contributed by atoms with Crippen molar-refractivity contribution in [3.63, 3.8) is 0 Å². The topological polar surface area (TPSA) is 253 Å². The summed E-state index contributed by atoms with van der Waals surface area (Å²) in [7, 11) is 0. The summed E-state index contributed by atoms with van der Waals surface area (Å²) in [5, 5.41) is 32.5. The van der Waals surface area contributed by atoms with Crippen molar-refractivity contribution in [2.75, 3.05) is 39.3 Å². The lowest BCUT2D eigenvalue weighted by molar-refractivity contribution is -0.168. The van der Waals surface area contributed by atoms with Gasteiger partial charge in [-0.15, -0.1) is 0 Å². The monoisotopic (exact) mass is 1220 g/mol. The molecule has 3 unspecified atom stereocenters.